The van der Waals surface area contributed by atoms with Crippen LogP contribution >= 0.6 is 23.1 Å². The number of rotatable bonds is 8. The van der Waals surface area contributed by atoms with E-state index in [0.717, 1.165) is 5.56 Å². The number of nitrogens with one attached hydrogen (secondary N) is 1. The first-order valence-corrected chi connectivity index (χ1v) is 8.95. The maximum absolute atomic E-state index is 12.0. The van der Waals surface area contributed by atoms with Crippen molar-refractivity contribution in [2.24, 2.45) is 0 Å². The minimum absolute atomic E-state index is 0.167. The standard InChI is InChI=1S/C15H17N3O4S2/c1-3-22-13(20)9-23-15-18-17-14(24-15)16-12(19)8-10-5-4-6-11(7-10)21-2/h4-7H,3,8-9H2,1-2H3,(H,16,17,19). The Balaban J connectivity index is 1.84. The number of anilines is 1. The third-order valence-corrected chi connectivity index (χ3v) is 4.72. The van der Waals surface area contributed by atoms with Gasteiger partial charge in [-0.3, -0.25) is 9.59 Å². The first kappa shape index (κ1) is 18.2. The van der Waals surface area contributed by atoms with Gasteiger partial charge in [0, 0.05) is 0 Å². The summed E-state index contributed by atoms with van der Waals surface area (Å²) in [5, 5.41) is 10.9. The van der Waals surface area contributed by atoms with Crippen LogP contribution in [0.2, 0.25) is 0 Å². The number of carbonyl (C=O) groups is 2. The first-order chi connectivity index (χ1) is 11.6. The summed E-state index contributed by atoms with van der Waals surface area (Å²) in [6.45, 7) is 2.10. The van der Waals surface area contributed by atoms with Crippen molar-refractivity contribution in [2.75, 3.05) is 24.8 Å². The van der Waals surface area contributed by atoms with E-state index in [-0.39, 0.29) is 24.1 Å². The first-order valence-electron chi connectivity index (χ1n) is 7.15. The summed E-state index contributed by atoms with van der Waals surface area (Å²) in [6.07, 6.45) is 0.210. The van der Waals surface area contributed by atoms with Crippen LogP contribution in [0.25, 0.3) is 0 Å². The van der Waals surface area contributed by atoms with E-state index in [4.69, 9.17) is 9.47 Å². The Morgan fingerprint density at radius 3 is 2.92 bits per heavy atom. The van der Waals surface area contributed by atoms with E-state index in [1.807, 2.05) is 18.2 Å². The molecule has 2 aromatic rings. The lowest BCUT2D eigenvalue weighted by molar-refractivity contribution is -0.139. The van der Waals surface area contributed by atoms with Gasteiger partial charge in [0.1, 0.15) is 5.75 Å². The summed E-state index contributed by atoms with van der Waals surface area (Å²) >= 11 is 2.44. The zero-order chi connectivity index (χ0) is 17.4. The highest BCUT2D eigenvalue weighted by atomic mass is 32.2. The second kappa shape index (κ2) is 9.24. The van der Waals surface area contributed by atoms with Crippen molar-refractivity contribution < 1.29 is 19.1 Å². The molecule has 0 aliphatic carbocycles. The van der Waals surface area contributed by atoms with Crippen LogP contribution < -0.4 is 10.1 Å². The average molecular weight is 367 g/mol. The molecular formula is C15H17N3O4S2. The maximum Gasteiger partial charge on any atom is 0.316 e. The lowest BCUT2D eigenvalue weighted by atomic mass is 10.1. The van der Waals surface area contributed by atoms with E-state index >= 15 is 0 Å². The zero-order valence-electron chi connectivity index (χ0n) is 13.3. The predicted octanol–water partition coefficient (Wildman–Crippen LogP) is 2.38. The quantitative estimate of drug-likeness (QED) is 0.435. The molecule has 1 aromatic heterocycles. The van der Waals surface area contributed by atoms with Gasteiger partial charge in [-0.05, 0) is 24.6 Å². The van der Waals surface area contributed by atoms with Gasteiger partial charge in [0.25, 0.3) is 0 Å². The molecule has 1 aromatic carbocycles. The normalized spacial score (nSPS) is 10.2. The Kier molecular flexibility index (Phi) is 7.01. The highest BCUT2D eigenvalue weighted by Crippen LogP contribution is 2.25. The fourth-order valence-corrected chi connectivity index (χ4v) is 3.34. The number of ether oxygens (including phenoxy) is 2. The molecule has 0 unspecified atom stereocenters. The maximum atomic E-state index is 12.0. The molecule has 128 valence electrons. The molecule has 7 nitrogen and oxygen atoms in total. The molecule has 1 N–H and O–H groups in total. The highest BCUT2D eigenvalue weighted by molar-refractivity contribution is 8.01. The van der Waals surface area contributed by atoms with Crippen LogP contribution in [0.4, 0.5) is 5.13 Å². The molecule has 0 spiro atoms. The Morgan fingerprint density at radius 2 is 2.17 bits per heavy atom. The van der Waals surface area contributed by atoms with Crippen molar-refractivity contribution in [3.8, 4) is 5.75 Å². The number of carbonyl (C=O) groups excluding carboxylic acids is 2. The lowest BCUT2D eigenvalue weighted by Crippen LogP contribution is -2.14. The summed E-state index contributed by atoms with van der Waals surface area (Å²) in [7, 11) is 1.58. The van der Waals surface area contributed by atoms with E-state index in [1.165, 1.54) is 23.1 Å². The topological polar surface area (TPSA) is 90.4 Å². The van der Waals surface area contributed by atoms with Crippen LogP contribution in [0.1, 0.15) is 12.5 Å². The summed E-state index contributed by atoms with van der Waals surface area (Å²) in [5.41, 5.74) is 0.841. The second-order valence-corrected chi connectivity index (χ2v) is 6.74. The highest BCUT2D eigenvalue weighted by Gasteiger charge is 2.11. The number of hydrogen-bond donors (Lipinski definition) is 1. The molecule has 24 heavy (non-hydrogen) atoms. The summed E-state index contributed by atoms with van der Waals surface area (Å²) in [6, 6.07) is 7.30. The van der Waals surface area contributed by atoms with Crippen molar-refractivity contribution in [3.05, 3.63) is 29.8 Å². The van der Waals surface area contributed by atoms with Gasteiger partial charge in [0.05, 0.1) is 25.9 Å². The Bertz CT molecular complexity index is 706. The molecule has 0 bridgehead atoms. The minimum Gasteiger partial charge on any atom is -0.497 e. The van der Waals surface area contributed by atoms with Gasteiger partial charge in [-0.1, -0.05) is 35.2 Å². The van der Waals surface area contributed by atoms with Gasteiger partial charge in [-0.25, -0.2) is 0 Å². The molecule has 2 rings (SSSR count). The van der Waals surface area contributed by atoms with Gasteiger partial charge >= 0.3 is 5.97 Å². The molecule has 0 aliphatic heterocycles. The average Bonchev–Trinajstić information content (AvgIpc) is 3.00. The number of hydrogen-bond acceptors (Lipinski definition) is 8. The Labute approximate surface area is 147 Å². The molecule has 0 aliphatic rings. The van der Waals surface area contributed by atoms with E-state index in [0.29, 0.717) is 21.8 Å². The largest absolute Gasteiger partial charge is 0.497 e. The zero-order valence-corrected chi connectivity index (χ0v) is 14.9. The third-order valence-electron chi connectivity index (χ3n) is 2.77. The fourth-order valence-electron chi connectivity index (χ4n) is 1.77. The SMILES string of the molecule is CCOC(=O)CSc1nnc(NC(=O)Cc2cccc(OC)c2)s1. The van der Waals surface area contributed by atoms with E-state index in [2.05, 4.69) is 15.5 Å². The molecule has 0 saturated carbocycles. The van der Waals surface area contributed by atoms with Gasteiger partial charge < -0.3 is 14.8 Å². The number of aromatic nitrogens is 2. The summed E-state index contributed by atoms with van der Waals surface area (Å²) in [5.74, 6) is 0.372. The number of nitrogens with zero attached hydrogens (tertiary/aromatic N) is 2. The number of benzene rings is 1. The van der Waals surface area contributed by atoms with Crippen molar-refractivity contribution >= 4 is 40.1 Å². The van der Waals surface area contributed by atoms with Gasteiger partial charge in [-0.15, -0.1) is 10.2 Å². The van der Waals surface area contributed by atoms with Crippen LogP contribution in [-0.2, 0) is 20.7 Å². The summed E-state index contributed by atoms with van der Waals surface area (Å²) < 4.78 is 10.6. The van der Waals surface area contributed by atoms with Crippen molar-refractivity contribution in [1.82, 2.24) is 10.2 Å². The van der Waals surface area contributed by atoms with Crippen molar-refractivity contribution in [1.29, 1.82) is 0 Å². The molecule has 9 heteroatoms. The van der Waals surface area contributed by atoms with Crippen LogP contribution in [0.5, 0.6) is 5.75 Å². The van der Waals surface area contributed by atoms with E-state index < -0.39 is 0 Å². The minimum atomic E-state index is -0.304. The summed E-state index contributed by atoms with van der Waals surface area (Å²) in [4.78, 5) is 23.3. The number of thioether (sulfide) groups is 1. The Morgan fingerprint density at radius 1 is 1.33 bits per heavy atom. The van der Waals surface area contributed by atoms with Crippen LogP contribution in [0, 0.1) is 0 Å². The van der Waals surface area contributed by atoms with E-state index in [9.17, 15) is 9.59 Å². The second-order valence-electron chi connectivity index (χ2n) is 4.54. The number of methoxy groups -OCH3 is 1. The smallest absolute Gasteiger partial charge is 0.316 e. The molecule has 0 radical (unpaired) electrons. The molecular weight excluding hydrogens is 350 g/mol. The molecule has 1 heterocycles. The fraction of sp³-hybridized carbons (Fsp3) is 0.333. The molecule has 0 saturated heterocycles. The number of amides is 1. The van der Waals surface area contributed by atoms with Crippen molar-refractivity contribution in [2.45, 2.75) is 17.7 Å². The molecule has 1 amide bonds. The molecule has 0 fully saturated rings. The van der Waals surface area contributed by atoms with Gasteiger partial charge in [0.2, 0.25) is 11.0 Å². The Hall–Kier alpha value is -2.13. The predicted molar refractivity (Wildman–Crippen MR) is 92.6 cm³/mol. The van der Waals surface area contributed by atoms with Crippen molar-refractivity contribution in [3.63, 3.8) is 0 Å². The van der Waals surface area contributed by atoms with Gasteiger partial charge in [-0.2, -0.15) is 0 Å². The van der Waals surface area contributed by atoms with Crippen LogP contribution in [-0.4, -0.2) is 41.5 Å². The molecule has 0 atom stereocenters. The van der Waals surface area contributed by atoms with E-state index in [1.54, 1.807) is 20.1 Å². The number of esters is 1. The van der Waals surface area contributed by atoms with Crippen LogP contribution in [0.15, 0.2) is 28.6 Å². The third kappa shape index (κ3) is 5.82. The lowest BCUT2D eigenvalue weighted by Gasteiger charge is -2.04. The monoisotopic (exact) mass is 367 g/mol. The van der Waals surface area contributed by atoms with Crippen LogP contribution in [0.3, 0.4) is 0 Å². The van der Waals surface area contributed by atoms with Gasteiger partial charge in [0.15, 0.2) is 4.34 Å².